The number of aryl methyl sites for hydroxylation is 1. The van der Waals surface area contributed by atoms with Gasteiger partial charge in [-0.2, -0.15) is 0 Å². The van der Waals surface area contributed by atoms with Crippen molar-refractivity contribution in [1.29, 1.82) is 0 Å². The Hall–Kier alpha value is -0.330. The smallest absolute Gasteiger partial charge is 0.288 e. The molecular formula is C3H7IN4. The number of rotatable bonds is 0. The molecule has 0 fully saturated rings. The first kappa shape index (κ1) is 7.67. The fourth-order valence-corrected chi connectivity index (χ4v) is 0.394. The standard InChI is InChI=1S/C3H7N4.HI/c1-6-3-7(4)2-5-6;/h2-3H,4H2,1H3;1H/q+1;/p-1. The molecule has 0 saturated carbocycles. The van der Waals surface area contributed by atoms with Crippen molar-refractivity contribution in [3.8, 4) is 0 Å². The van der Waals surface area contributed by atoms with Gasteiger partial charge in [-0.3, -0.25) is 5.84 Å². The van der Waals surface area contributed by atoms with Crippen LogP contribution in [0.25, 0.3) is 0 Å². The van der Waals surface area contributed by atoms with E-state index in [1.807, 2.05) is 7.05 Å². The molecule has 0 aliphatic carbocycles. The first-order valence-corrected chi connectivity index (χ1v) is 1.94. The van der Waals surface area contributed by atoms with Crippen LogP contribution in [0, 0.1) is 0 Å². The Morgan fingerprint density at radius 3 is 2.50 bits per heavy atom. The minimum atomic E-state index is 0. The van der Waals surface area contributed by atoms with Gasteiger partial charge in [0.15, 0.2) is 0 Å². The molecule has 0 atom stereocenters. The molecule has 1 rings (SSSR count). The molecule has 0 saturated heterocycles. The highest BCUT2D eigenvalue weighted by molar-refractivity contribution is 4.47. The maximum atomic E-state index is 5.21. The molecule has 0 amide bonds. The molecular weight excluding hydrogens is 219 g/mol. The Morgan fingerprint density at radius 1 is 1.75 bits per heavy atom. The van der Waals surface area contributed by atoms with E-state index >= 15 is 0 Å². The van der Waals surface area contributed by atoms with Gasteiger partial charge in [0.2, 0.25) is 6.33 Å². The molecule has 1 aromatic heterocycles. The van der Waals surface area contributed by atoms with Gasteiger partial charge in [0.25, 0.3) is 6.33 Å². The van der Waals surface area contributed by atoms with Crippen molar-refractivity contribution in [2.24, 2.45) is 7.05 Å². The zero-order chi connectivity index (χ0) is 5.28. The number of halogens is 1. The molecule has 0 aliphatic heterocycles. The van der Waals surface area contributed by atoms with Crippen molar-refractivity contribution in [2.45, 2.75) is 0 Å². The van der Waals surface area contributed by atoms with Gasteiger partial charge in [-0.1, -0.05) is 0 Å². The van der Waals surface area contributed by atoms with E-state index in [1.54, 1.807) is 11.0 Å². The van der Waals surface area contributed by atoms with Crippen LogP contribution >= 0.6 is 0 Å². The topological polar surface area (TPSA) is 47.7 Å². The number of hydrogen-bond donors (Lipinski definition) is 1. The van der Waals surface area contributed by atoms with Gasteiger partial charge in [0, 0.05) is 0 Å². The molecule has 4 nitrogen and oxygen atoms in total. The van der Waals surface area contributed by atoms with Crippen LogP contribution in [-0.4, -0.2) is 9.77 Å². The quantitative estimate of drug-likeness (QED) is 0.275. The summed E-state index contributed by atoms with van der Waals surface area (Å²) in [6.07, 6.45) is 3.19. The molecule has 2 N–H and O–H groups in total. The lowest BCUT2D eigenvalue weighted by atomic mass is 11.2. The van der Waals surface area contributed by atoms with Crippen molar-refractivity contribution in [1.82, 2.24) is 9.77 Å². The Bertz CT molecular complexity index is 144. The second-order valence-corrected chi connectivity index (χ2v) is 1.37. The van der Waals surface area contributed by atoms with E-state index < -0.39 is 0 Å². The predicted molar refractivity (Wildman–Crippen MR) is 23.6 cm³/mol. The van der Waals surface area contributed by atoms with Crippen LogP contribution in [-0.2, 0) is 7.05 Å². The van der Waals surface area contributed by atoms with Crippen LogP contribution < -0.4 is 34.5 Å². The van der Waals surface area contributed by atoms with Gasteiger partial charge in [-0.25, -0.2) is 0 Å². The van der Waals surface area contributed by atoms with Gasteiger partial charge in [0.05, 0.1) is 0 Å². The first-order chi connectivity index (χ1) is 3.29. The van der Waals surface area contributed by atoms with E-state index in [4.69, 9.17) is 5.84 Å². The van der Waals surface area contributed by atoms with Crippen LogP contribution in [0.1, 0.15) is 0 Å². The molecule has 5 heteroatoms. The highest BCUT2D eigenvalue weighted by Crippen LogP contribution is 1.59. The van der Waals surface area contributed by atoms with E-state index in [2.05, 4.69) is 5.10 Å². The zero-order valence-corrected chi connectivity index (χ0v) is 6.61. The summed E-state index contributed by atoms with van der Waals surface area (Å²) in [7, 11) is 1.81. The Kier molecular flexibility index (Phi) is 2.74. The lowest BCUT2D eigenvalue weighted by molar-refractivity contribution is -0.728. The highest BCUT2D eigenvalue weighted by Gasteiger charge is 1.90. The first-order valence-electron chi connectivity index (χ1n) is 1.94. The molecule has 0 aromatic carbocycles. The second kappa shape index (κ2) is 2.85. The van der Waals surface area contributed by atoms with Crippen molar-refractivity contribution in [2.75, 3.05) is 5.84 Å². The Morgan fingerprint density at radius 2 is 2.38 bits per heavy atom. The van der Waals surface area contributed by atoms with Gasteiger partial charge >= 0.3 is 0 Å². The van der Waals surface area contributed by atoms with Gasteiger partial charge in [-0.15, -0.1) is 9.36 Å². The second-order valence-electron chi connectivity index (χ2n) is 1.37. The summed E-state index contributed by atoms with van der Waals surface area (Å²) in [5.41, 5.74) is 0. The van der Waals surface area contributed by atoms with Crippen LogP contribution in [0.5, 0.6) is 0 Å². The van der Waals surface area contributed by atoms with Crippen LogP contribution in [0.2, 0.25) is 0 Å². The summed E-state index contributed by atoms with van der Waals surface area (Å²) in [6, 6.07) is 0. The SMILES string of the molecule is C[n+]1cn(N)cn1.[I-]. The fourth-order valence-electron chi connectivity index (χ4n) is 0.394. The molecule has 0 unspecified atom stereocenters. The van der Waals surface area contributed by atoms with Crippen LogP contribution in [0.4, 0.5) is 0 Å². The number of nitrogens with zero attached hydrogens (tertiary/aromatic N) is 3. The van der Waals surface area contributed by atoms with Crippen molar-refractivity contribution < 1.29 is 28.7 Å². The summed E-state index contributed by atoms with van der Waals surface area (Å²) in [5.74, 6) is 5.21. The highest BCUT2D eigenvalue weighted by atomic mass is 127. The zero-order valence-electron chi connectivity index (χ0n) is 4.45. The summed E-state index contributed by atoms with van der Waals surface area (Å²) in [6.45, 7) is 0. The van der Waals surface area contributed by atoms with Gasteiger partial charge in [-0.05, 0) is 5.10 Å². The lowest BCUT2D eigenvalue weighted by Crippen LogP contribution is -3.00. The number of nitrogens with two attached hydrogens (primary N) is 1. The third kappa shape index (κ3) is 1.65. The maximum absolute atomic E-state index is 5.21. The van der Waals surface area contributed by atoms with Crippen molar-refractivity contribution in [3.63, 3.8) is 0 Å². The van der Waals surface area contributed by atoms with Crippen molar-refractivity contribution in [3.05, 3.63) is 12.7 Å². The molecule has 0 aliphatic rings. The van der Waals surface area contributed by atoms with Gasteiger partial charge < -0.3 is 24.0 Å². The van der Waals surface area contributed by atoms with Crippen molar-refractivity contribution >= 4 is 0 Å². The summed E-state index contributed by atoms with van der Waals surface area (Å²) < 4.78 is 3.01. The molecule has 0 spiro atoms. The minimum Gasteiger partial charge on any atom is -1.00 e. The number of aromatic nitrogens is 3. The molecule has 0 radical (unpaired) electrons. The predicted octanol–water partition coefficient (Wildman–Crippen LogP) is -4.57. The summed E-state index contributed by atoms with van der Waals surface area (Å²) in [4.78, 5) is 0. The fraction of sp³-hybridized carbons (Fsp3) is 0.333. The van der Waals surface area contributed by atoms with E-state index in [-0.39, 0.29) is 24.0 Å². The monoisotopic (exact) mass is 226 g/mol. The van der Waals surface area contributed by atoms with E-state index in [9.17, 15) is 0 Å². The minimum absolute atomic E-state index is 0. The van der Waals surface area contributed by atoms with Crippen LogP contribution in [0.3, 0.4) is 0 Å². The maximum Gasteiger partial charge on any atom is 0.288 e. The van der Waals surface area contributed by atoms with E-state index in [0.717, 1.165) is 0 Å². The third-order valence-electron chi connectivity index (χ3n) is 0.668. The summed E-state index contributed by atoms with van der Waals surface area (Å²) in [5, 5.41) is 3.77. The third-order valence-corrected chi connectivity index (χ3v) is 0.668. The molecule has 1 aromatic rings. The molecule has 8 heavy (non-hydrogen) atoms. The van der Waals surface area contributed by atoms with Gasteiger partial charge in [0.1, 0.15) is 7.05 Å². The van der Waals surface area contributed by atoms with Crippen LogP contribution in [0.15, 0.2) is 12.7 Å². The number of nitrogen functional groups attached to an aromatic ring is 1. The number of hydrogen-bond acceptors (Lipinski definition) is 2. The average Bonchev–Trinajstić information content (AvgIpc) is 1.87. The van der Waals surface area contributed by atoms with E-state index in [0.29, 0.717) is 0 Å². The molecule has 46 valence electrons. The Labute approximate surface area is 64.3 Å². The molecule has 0 bridgehead atoms. The normalized spacial score (nSPS) is 8.12. The Balaban J connectivity index is 0.000000490. The lowest BCUT2D eigenvalue weighted by Gasteiger charge is -1.69. The van der Waals surface area contributed by atoms with E-state index in [1.165, 1.54) is 11.0 Å². The summed E-state index contributed by atoms with van der Waals surface area (Å²) >= 11 is 0. The largest absolute Gasteiger partial charge is 1.00 e. The molecule has 1 heterocycles. The average molecular weight is 226 g/mol.